The monoisotopic (exact) mass is 401 g/mol. The topological polar surface area (TPSA) is 62.9 Å². The van der Waals surface area contributed by atoms with Gasteiger partial charge in [-0.2, -0.15) is 0 Å². The molecule has 0 aliphatic heterocycles. The van der Waals surface area contributed by atoms with Crippen LogP contribution in [-0.2, 0) is 13.2 Å². The predicted molar refractivity (Wildman–Crippen MR) is 115 cm³/mol. The summed E-state index contributed by atoms with van der Waals surface area (Å²) in [5.74, 6) is 1.28. The van der Waals surface area contributed by atoms with E-state index in [1.54, 1.807) is 17.0 Å². The lowest BCUT2D eigenvalue weighted by Crippen LogP contribution is -2.32. The van der Waals surface area contributed by atoms with Crippen LogP contribution < -0.4 is 4.74 Å². The molecule has 4 rings (SSSR count). The number of carbonyl (C=O) groups excluding carboxylic acids is 1. The minimum atomic E-state index is -0.259. The van der Waals surface area contributed by atoms with Crippen LogP contribution in [0.2, 0.25) is 0 Å². The number of benzene rings is 3. The van der Waals surface area contributed by atoms with Crippen LogP contribution in [0, 0.1) is 0 Å². The van der Waals surface area contributed by atoms with Crippen molar-refractivity contribution in [1.29, 1.82) is 0 Å². The van der Waals surface area contributed by atoms with Crippen molar-refractivity contribution in [1.82, 2.24) is 4.90 Å². The smallest absolute Gasteiger partial charge is 0.289 e. The van der Waals surface area contributed by atoms with Crippen molar-refractivity contribution >= 4 is 16.7 Å². The largest absolute Gasteiger partial charge is 0.486 e. The van der Waals surface area contributed by atoms with Gasteiger partial charge in [0.2, 0.25) is 0 Å². The zero-order valence-corrected chi connectivity index (χ0v) is 16.5. The van der Waals surface area contributed by atoms with Gasteiger partial charge in [0.1, 0.15) is 18.1 Å². The maximum absolute atomic E-state index is 12.9. The third kappa shape index (κ3) is 4.70. The highest BCUT2D eigenvalue weighted by molar-refractivity contribution is 5.91. The van der Waals surface area contributed by atoms with E-state index in [1.165, 1.54) is 0 Å². The van der Waals surface area contributed by atoms with Gasteiger partial charge in [0, 0.05) is 13.1 Å². The fourth-order valence-corrected chi connectivity index (χ4v) is 3.31. The third-order valence-electron chi connectivity index (χ3n) is 4.85. The highest BCUT2D eigenvalue weighted by Crippen LogP contribution is 2.22. The van der Waals surface area contributed by atoms with Crippen LogP contribution in [-0.4, -0.2) is 29.1 Å². The van der Waals surface area contributed by atoms with Crippen LogP contribution in [0.5, 0.6) is 5.75 Å². The standard InChI is InChI=1S/C25H23NO4/c27-15-14-26(17-19-6-2-1-3-7-19)25(28)24-13-12-23(30-24)18-29-22-11-10-20-8-4-5-9-21(20)16-22/h1-13,16,27H,14-15,17-18H2. The number of rotatable bonds is 8. The van der Waals surface area contributed by atoms with E-state index in [9.17, 15) is 9.90 Å². The molecule has 0 aliphatic rings. The Morgan fingerprint density at radius 3 is 2.47 bits per heavy atom. The lowest BCUT2D eigenvalue weighted by molar-refractivity contribution is 0.0672. The van der Waals surface area contributed by atoms with E-state index in [0.29, 0.717) is 12.3 Å². The number of aliphatic hydroxyl groups is 1. The molecule has 3 aromatic carbocycles. The van der Waals surface area contributed by atoms with Gasteiger partial charge in [-0.15, -0.1) is 0 Å². The summed E-state index contributed by atoms with van der Waals surface area (Å²) in [5, 5.41) is 11.6. The summed E-state index contributed by atoms with van der Waals surface area (Å²) in [4.78, 5) is 14.4. The van der Waals surface area contributed by atoms with Gasteiger partial charge < -0.3 is 19.2 Å². The van der Waals surface area contributed by atoms with E-state index in [4.69, 9.17) is 9.15 Å². The van der Waals surface area contributed by atoms with Gasteiger partial charge in [0.25, 0.3) is 5.91 Å². The van der Waals surface area contributed by atoms with Crippen molar-refractivity contribution in [2.24, 2.45) is 0 Å². The number of hydrogen-bond acceptors (Lipinski definition) is 4. The Balaban J connectivity index is 1.42. The van der Waals surface area contributed by atoms with Gasteiger partial charge in [0.15, 0.2) is 5.76 Å². The Morgan fingerprint density at radius 2 is 1.67 bits per heavy atom. The molecule has 0 saturated carbocycles. The first-order chi connectivity index (χ1) is 14.7. The molecule has 0 fully saturated rings. The predicted octanol–water partition coefficient (Wildman–Crippen LogP) is 4.65. The molecular formula is C25H23NO4. The zero-order valence-electron chi connectivity index (χ0n) is 16.5. The SMILES string of the molecule is O=C(c1ccc(COc2ccc3ccccc3c2)o1)N(CCO)Cc1ccccc1. The van der Waals surface area contributed by atoms with Crippen LogP contribution in [0.3, 0.4) is 0 Å². The summed E-state index contributed by atoms with van der Waals surface area (Å²) < 4.78 is 11.6. The van der Waals surface area contributed by atoms with Gasteiger partial charge >= 0.3 is 0 Å². The molecule has 0 unspecified atom stereocenters. The number of furan rings is 1. The molecule has 0 saturated heterocycles. The summed E-state index contributed by atoms with van der Waals surface area (Å²) in [7, 11) is 0. The van der Waals surface area contributed by atoms with Crippen molar-refractivity contribution in [3.05, 3.63) is 102 Å². The third-order valence-corrected chi connectivity index (χ3v) is 4.85. The molecular weight excluding hydrogens is 378 g/mol. The molecule has 0 bridgehead atoms. The van der Waals surface area contributed by atoms with E-state index in [2.05, 4.69) is 6.07 Å². The fraction of sp³-hybridized carbons (Fsp3) is 0.160. The highest BCUT2D eigenvalue weighted by atomic mass is 16.5. The second-order valence-electron chi connectivity index (χ2n) is 7.00. The summed E-state index contributed by atoms with van der Waals surface area (Å²) in [6.45, 7) is 0.753. The summed E-state index contributed by atoms with van der Waals surface area (Å²) in [6, 6.07) is 27.0. The van der Waals surface area contributed by atoms with Crippen LogP contribution >= 0.6 is 0 Å². The van der Waals surface area contributed by atoms with Crippen LogP contribution in [0.1, 0.15) is 21.9 Å². The molecule has 1 amide bonds. The normalized spacial score (nSPS) is 10.8. The highest BCUT2D eigenvalue weighted by Gasteiger charge is 2.19. The van der Waals surface area contributed by atoms with E-state index in [1.807, 2.05) is 66.7 Å². The van der Waals surface area contributed by atoms with Gasteiger partial charge in [-0.3, -0.25) is 4.79 Å². The Bertz CT molecular complexity index is 1120. The second kappa shape index (κ2) is 9.29. The fourth-order valence-electron chi connectivity index (χ4n) is 3.31. The van der Waals surface area contributed by atoms with Gasteiger partial charge in [-0.25, -0.2) is 0 Å². The molecule has 0 aliphatic carbocycles. The summed E-state index contributed by atoms with van der Waals surface area (Å²) in [6.07, 6.45) is 0. The lowest BCUT2D eigenvalue weighted by atomic mass is 10.1. The molecule has 0 radical (unpaired) electrons. The summed E-state index contributed by atoms with van der Waals surface area (Å²) in [5.41, 5.74) is 0.991. The zero-order chi connectivity index (χ0) is 20.8. The number of fused-ring (bicyclic) bond motifs is 1. The Morgan fingerprint density at radius 1 is 0.900 bits per heavy atom. The van der Waals surface area contributed by atoms with Crippen LogP contribution in [0.15, 0.2) is 89.3 Å². The Labute approximate surface area is 175 Å². The minimum absolute atomic E-state index is 0.114. The van der Waals surface area contributed by atoms with Crippen molar-refractivity contribution in [2.45, 2.75) is 13.2 Å². The first kappa shape index (κ1) is 19.7. The molecule has 5 nitrogen and oxygen atoms in total. The number of carbonyl (C=O) groups is 1. The Hall–Kier alpha value is -3.57. The molecule has 1 aromatic heterocycles. The molecule has 0 atom stereocenters. The molecule has 152 valence electrons. The van der Waals surface area contributed by atoms with Crippen molar-refractivity contribution in [3.8, 4) is 5.75 Å². The number of aliphatic hydroxyl groups excluding tert-OH is 1. The van der Waals surface area contributed by atoms with Crippen molar-refractivity contribution in [2.75, 3.05) is 13.2 Å². The van der Waals surface area contributed by atoms with Gasteiger partial charge in [0.05, 0.1) is 6.61 Å². The number of amides is 1. The first-order valence-electron chi connectivity index (χ1n) is 9.87. The molecule has 0 spiro atoms. The van der Waals surface area contributed by atoms with E-state index in [-0.39, 0.29) is 31.4 Å². The number of hydrogen-bond donors (Lipinski definition) is 1. The summed E-state index contributed by atoms with van der Waals surface area (Å²) >= 11 is 0. The van der Waals surface area contributed by atoms with Gasteiger partial charge in [-0.1, -0.05) is 60.7 Å². The maximum atomic E-state index is 12.9. The van der Waals surface area contributed by atoms with E-state index in [0.717, 1.165) is 22.1 Å². The number of nitrogens with zero attached hydrogens (tertiary/aromatic N) is 1. The van der Waals surface area contributed by atoms with Crippen molar-refractivity contribution < 1.29 is 19.1 Å². The minimum Gasteiger partial charge on any atom is -0.486 e. The lowest BCUT2D eigenvalue weighted by Gasteiger charge is -2.20. The molecule has 5 heteroatoms. The average Bonchev–Trinajstić information content (AvgIpc) is 3.26. The van der Waals surface area contributed by atoms with Crippen LogP contribution in [0.4, 0.5) is 0 Å². The quantitative estimate of drug-likeness (QED) is 0.467. The molecule has 30 heavy (non-hydrogen) atoms. The van der Waals surface area contributed by atoms with Gasteiger partial charge in [-0.05, 0) is 40.6 Å². The van der Waals surface area contributed by atoms with Crippen molar-refractivity contribution in [3.63, 3.8) is 0 Å². The molecule has 1 heterocycles. The average molecular weight is 401 g/mol. The van der Waals surface area contributed by atoms with E-state index < -0.39 is 0 Å². The molecule has 1 N–H and O–H groups in total. The van der Waals surface area contributed by atoms with Crippen LogP contribution in [0.25, 0.3) is 10.8 Å². The second-order valence-corrected chi connectivity index (χ2v) is 7.00. The van der Waals surface area contributed by atoms with E-state index >= 15 is 0 Å². The Kier molecular flexibility index (Phi) is 6.11. The first-order valence-corrected chi connectivity index (χ1v) is 9.87. The maximum Gasteiger partial charge on any atom is 0.289 e. The number of ether oxygens (including phenoxy) is 1. The molecule has 4 aromatic rings.